The summed E-state index contributed by atoms with van der Waals surface area (Å²) in [7, 11) is 2.17. The Hall–Kier alpha value is -0.860. The smallest absolute Gasteiger partial charge is 0.0307 e. The molecule has 0 radical (unpaired) electrons. The molecule has 1 unspecified atom stereocenters. The maximum Gasteiger partial charge on any atom is 0.0307 e. The van der Waals surface area contributed by atoms with Crippen LogP contribution in [0.2, 0.25) is 0 Å². The second kappa shape index (κ2) is 6.35. The molecular formula is C16H28N2. The van der Waals surface area contributed by atoms with E-state index < -0.39 is 0 Å². The van der Waals surface area contributed by atoms with Crippen LogP contribution in [0.4, 0.5) is 0 Å². The van der Waals surface area contributed by atoms with Crippen LogP contribution in [0.3, 0.4) is 0 Å². The van der Waals surface area contributed by atoms with Crippen LogP contribution in [0.5, 0.6) is 0 Å². The maximum absolute atomic E-state index is 6.25. The van der Waals surface area contributed by atoms with Gasteiger partial charge >= 0.3 is 0 Å². The summed E-state index contributed by atoms with van der Waals surface area (Å²) in [4.78, 5) is 2.37. The lowest BCUT2D eigenvalue weighted by molar-refractivity contribution is 0.221. The Morgan fingerprint density at radius 1 is 1.28 bits per heavy atom. The van der Waals surface area contributed by atoms with E-state index in [0.29, 0.717) is 5.41 Å². The predicted octanol–water partition coefficient (Wildman–Crippen LogP) is 3.36. The van der Waals surface area contributed by atoms with E-state index in [1.165, 1.54) is 11.1 Å². The van der Waals surface area contributed by atoms with Gasteiger partial charge in [0.05, 0.1) is 0 Å². The van der Waals surface area contributed by atoms with Crippen molar-refractivity contribution < 1.29 is 0 Å². The minimum atomic E-state index is 0.146. The second-order valence-corrected chi connectivity index (χ2v) is 6.61. The van der Waals surface area contributed by atoms with Crippen LogP contribution in [0.15, 0.2) is 24.3 Å². The van der Waals surface area contributed by atoms with Gasteiger partial charge in [0.1, 0.15) is 0 Å². The van der Waals surface area contributed by atoms with Gasteiger partial charge < -0.3 is 10.6 Å². The van der Waals surface area contributed by atoms with Crippen molar-refractivity contribution in [2.75, 3.05) is 20.1 Å². The topological polar surface area (TPSA) is 29.3 Å². The summed E-state index contributed by atoms with van der Waals surface area (Å²) in [5, 5.41) is 0. The highest BCUT2D eigenvalue weighted by Crippen LogP contribution is 2.18. The van der Waals surface area contributed by atoms with Gasteiger partial charge in [-0.05, 0) is 37.9 Å². The molecule has 0 saturated carbocycles. The summed E-state index contributed by atoms with van der Waals surface area (Å²) in [6, 6.07) is 8.66. The normalized spacial score (nSPS) is 13.9. The van der Waals surface area contributed by atoms with Crippen molar-refractivity contribution in [1.82, 2.24) is 4.90 Å². The molecule has 0 saturated heterocycles. The van der Waals surface area contributed by atoms with Crippen LogP contribution in [0.25, 0.3) is 0 Å². The Balaban J connectivity index is 2.44. The predicted molar refractivity (Wildman–Crippen MR) is 79.7 cm³/mol. The largest absolute Gasteiger partial charge is 0.324 e. The molecule has 2 heteroatoms. The molecule has 0 spiro atoms. The van der Waals surface area contributed by atoms with Gasteiger partial charge in [-0.25, -0.2) is 0 Å². The first kappa shape index (κ1) is 15.2. The number of nitrogens with zero attached hydrogens (tertiary/aromatic N) is 1. The third-order valence-electron chi connectivity index (χ3n) is 3.04. The molecule has 0 aliphatic rings. The third-order valence-corrected chi connectivity index (χ3v) is 3.04. The van der Waals surface area contributed by atoms with Crippen molar-refractivity contribution in [1.29, 1.82) is 0 Å². The van der Waals surface area contributed by atoms with Gasteiger partial charge in [-0.3, -0.25) is 0 Å². The number of nitrogens with two attached hydrogens (primary N) is 1. The number of rotatable bonds is 5. The molecule has 0 aromatic heterocycles. The molecular weight excluding hydrogens is 220 g/mol. The third kappa shape index (κ3) is 5.65. The second-order valence-electron chi connectivity index (χ2n) is 6.61. The zero-order chi connectivity index (χ0) is 13.8. The Bertz CT molecular complexity index is 366. The van der Waals surface area contributed by atoms with Gasteiger partial charge in [0.15, 0.2) is 0 Å². The molecule has 0 heterocycles. The van der Waals surface area contributed by atoms with Crippen molar-refractivity contribution in [3.8, 4) is 0 Å². The summed E-state index contributed by atoms with van der Waals surface area (Å²) < 4.78 is 0. The number of benzene rings is 1. The molecule has 1 aromatic rings. The summed E-state index contributed by atoms with van der Waals surface area (Å²) in [5.41, 5.74) is 9.13. The zero-order valence-electron chi connectivity index (χ0n) is 12.5. The van der Waals surface area contributed by atoms with E-state index >= 15 is 0 Å². The Morgan fingerprint density at radius 3 is 2.50 bits per heavy atom. The van der Waals surface area contributed by atoms with E-state index in [2.05, 4.69) is 63.9 Å². The lowest BCUT2D eigenvalue weighted by Crippen LogP contribution is -2.31. The molecule has 1 aromatic carbocycles. The number of hydrogen-bond acceptors (Lipinski definition) is 2. The van der Waals surface area contributed by atoms with E-state index in [-0.39, 0.29) is 6.04 Å². The highest BCUT2D eigenvalue weighted by Gasteiger charge is 2.14. The van der Waals surface area contributed by atoms with Gasteiger partial charge in [-0.2, -0.15) is 0 Å². The Morgan fingerprint density at radius 2 is 1.94 bits per heavy atom. The van der Waals surface area contributed by atoms with Gasteiger partial charge in [0.2, 0.25) is 0 Å². The summed E-state index contributed by atoms with van der Waals surface area (Å²) in [5.74, 6) is 0. The molecule has 2 nitrogen and oxygen atoms in total. The highest BCUT2D eigenvalue weighted by atomic mass is 15.1. The molecule has 0 bridgehead atoms. The van der Waals surface area contributed by atoms with E-state index in [9.17, 15) is 0 Å². The minimum Gasteiger partial charge on any atom is -0.324 e. The van der Waals surface area contributed by atoms with Gasteiger partial charge in [-0.15, -0.1) is 0 Å². The molecule has 18 heavy (non-hydrogen) atoms. The van der Waals surface area contributed by atoms with Gasteiger partial charge in [-0.1, -0.05) is 50.6 Å². The van der Waals surface area contributed by atoms with Crippen molar-refractivity contribution in [2.24, 2.45) is 11.1 Å². The molecule has 102 valence electrons. The van der Waals surface area contributed by atoms with Gasteiger partial charge in [0.25, 0.3) is 0 Å². The van der Waals surface area contributed by atoms with Crippen LogP contribution in [0.1, 0.15) is 44.4 Å². The molecule has 0 aliphatic heterocycles. The quantitative estimate of drug-likeness (QED) is 0.865. The van der Waals surface area contributed by atoms with Crippen LogP contribution in [-0.2, 0) is 0 Å². The molecule has 0 amide bonds. The average Bonchev–Trinajstić information content (AvgIpc) is 2.23. The monoisotopic (exact) mass is 248 g/mol. The van der Waals surface area contributed by atoms with Crippen molar-refractivity contribution in [3.05, 3.63) is 35.4 Å². The molecule has 1 atom stereocenters. The first-order valence-corrected chi connectivity index (χ1v) is 6.78. The lowest BCUT2D eigenvalue weighted by Gasteiger charge is -2.27. The first-order chi connectivity index (χ1) is 8.28. The first-order valence-electron chi connectivity index (χ1n) is 6.78. The maximum atomic E-state index is 6.25. The van der Waals surface area contributed by atoms with Crippen LogP contribution >= 0.6 is 0 Å². The summed E-state index contributed by atoms with van der Waals surface area (Å²) >= 11 is 0. The van der Waals surface area contributed by atoms with Gasteiger partial charge in [0, 0.05) is 12.6 Å². The van der Waals surface area contributed by atoms with E-state index in [0.717, 1.165) is 19.5 Å². The summed E-state index contributed by atoms with van der Waals surface area (Å²) in [6.45, 7) is 11.1. The standard InChI is InChI=1S/C16H28N2/c1-13-7-6-8-14(11-13)15(17)9-10-18(5)12-16(2,3)4/h6-8,11,15H,9-10,12,17H2,1-5H3. The van der Waals surface area contributed by atoms with Crippen LogP contribution in [0, 0.1) is 12.3 Å². The zero-order valence-corrected chi connectivity index (χ0v) is 12.5. The van der Waals surface area contributed by atoms with Crippen LogP contribution in [-0.4, -0.2) is 25.0 Å². The molecule has 2 N–H and O–H groups in total. The number of aryl methyl sites for hydroxylation is 1. The summed E-state index contributed by atoms with van der Waals surface area (Å²) in [6.07, 6.45) is 1.01. The fourth-order valence-electron chi connectivity index (χ4n) is 2.32. The lowest BCUT2D eigenvalue weighted by atomic mass is 9.96. The van der Waals surface area contributed by atoms with E-state index in [1.54, 1.807) is 0 Å². The van der Waals surface area contributed by atoms with Crippen molar-refractivity contribution in [2.45, 2.75) is 40.2 Å². The molecule has 0 aliphatic carbocycles. The van der Waals surface area contributed by atoms with Crippen molar-refractivity contribution in [3.63, 3.8) is 0 Å². The van der Waals surface area contributed by atoms with Crippen LogP contribution < -0.4 is 5.73 Å². The van der Waals surface area contributed by atoms with E-state index in [4.69, 9.17) is 5.73 Å². The molecule has 0 fully saturated rings. The number of hydrogen-bond donors (Lipinski definition) is 1. The Kier molecular flexibility index (Phi) is 5.36. The average molecular weight is 248 g/mol. The minimum absolute atomic E-state index is 0.146. The van der Waals surface area contributed by atoms with E-state index in [1.807, 2.05) is 0 Å². The fourth-order valence-corrected chi connectivity index (χ4v) is 2.32. The Labute approximate surface area is 112 Å². The SMILES string of the molecule is Cc1cccc(C(N)CCN(C)CC(C)(C)C)c1. The molecule has 1 rings (SSSR count). The fraction of sp³-hybridized carbons (Fsp3) is 0.625. The highest BCUT2D eigenvalue weighted by molar-refractivity contribution is 5.24. The van der Waals surface area contributed by atoms with Crippen molar-refractivity contribution >= 4 is 0 Å².